The molecule has 1 heterocycles. The zero-order valence-corrected chi connectivity index (χ0v) is 4.71. The Hall–Kier alpha value is -0.640. The highest BCUT2D eigenvalue weighted by atomic mass is 19.1. The molecule has 0 aromatic carbocycles. The monoisotopic (exact) mass is 134 g/mol. The van der Waals surface area contributed by atoms with E-state index in [1.807, 2.05) is 0 Å². The zero-order chi connectivity index (χ0) is 6.85. The van der Waals surface area contributed by atoms with Crippen LogP contribution >= 0.6 is 0 Å². The van der Waals surface area contributed by atoms with E-state index in [-0.39, 0.29) is 13.2 Å². The summed E-state index contributed by atoms with van der Waals surface area (Å²) in [6.45, 7) is -0.0620. The first-order chi connectivity index (χ1) is 4.22. The number of carboxylic acids is 1. The van der Waals surface area contributed by atoms with Crippen molar-refractivity contribution < 1.29 is 19.0 Å². The first kappa shape index (κ1) is 6.48. The molecular weight excluding hydrogens is 127 g/mol. The van der Waals surface area contributed by atoms with E-state index in [1.165, 1.54) is 0 Å². The summed E-state index contributed by atoms with van der Waals surface area (Å²) < 4.78 is 16.9. The quantitative estimate of drug-likeness (QED) is 0.551. The molecule has 0 radical (unpaired) electrons. The van der Waals surface area contributed by atoms with Crippen molar-refractivity contribution in [3.63, 3.8) is 0 Å². The maximum absolute atomic E-state index is 12.3. The van der Waals surface area contributed by atoms with E-state index in [1.54, 1.807) is 0 Å². The Bertz CT molecular complexity index is 125. The van der Waals surface area contributed by atoms with Crippen LogP contribution in [0.3, 0.4) is 0 Å². The topological polar surface area (TPSA) is 46.5 Å². The third-order valence-electron chi connectivity index (χ3n) is 1.33. The molecule has 9 heavy (non-hydrogen) atoms. The third kappa shape index (κ3) is 1.18. The number of carbonyl (C=O) groups is 1. The minimum Gasteiger partial charge on any atom is -0.481 e. The summed E-state index contributed by atoms with van der Waals surface area (Å²) in [6.07, 6.45) is -1.32. The van der Waals surface area contributed by atoms with E-state index < -0.39 is 18.1 Å². The third-order valence-corrected chi connectivity index (χ3v) is 1.33. The van der Waals surface area contributed by atoms with Gasteiger partial charge >= 0.3 is 5.97 Å². The molecule has 1 rings (SSSR count). The van der Waals surface area contributed by atoms with E-state index >= 15 is 0 Å². The summed E-state index contributed by atoms with van der Waals surface area (Å²) in [5, 5.41) is 8.26. The molecule has 2 unspecified atom stereocenters. The van der Waals surface area contributed by atoms with Crippen molar-refractivity contribution in [1.82, 2.24) is 0 Å². The summed E-state index contributed by atoms with van der Waals surface area (Å²) in [7, 11) is 0. The van der Waals surface area contributed by atoms with Gasteiger partial charge in [-0.05, 0) is 0 Å². The number of carboxylic acid groups (broad SMARTS) is 1. The average Bonchev–Trinajstić information content (AvgIpc) is 2.13. The fourth-order valence-corrected chi connectivity index (χ4v) is 0.754. The van der Waals surface area contributed by atoms with Crippen LogP contribution in [0.15, 0.2) is 0 Å². The van der Waals surface area contributed by atoms with E-state index in [9.17, 15) is 9.18 Å². The molecule has 1 N–H and O–H groups in total. The van der Waals surface area contributed by atoms with Crippen LogP contribution in [-0.4, -0.2) is 30.5 Å². The molecule has 52 valence electrons. The second-order valence-corrected chi connectivity index (χ2v) is 2.00. The van der Waals surface area contributed by atoms with Gasteiger partial charge in [0.1, 0.15) is 12.1 Å². The molecule has 0 amide bonds. The van der Waals surface area contributed by atoms with Crippen LogP contribution in [-0.2, 0) is 9.53 Å². The normalized spacial score (nSPS) is 34.8. The van der Waals surface area contributed by atoms with Crippen molar-refractivity contribution in [2.75, 3.05) is 13.2 Å². The first-order valence-corrected chi connectivity index (χ1v) is 2.66. The van der Waals surface area contributed by atoms with Crippen molar-refractivity contribution in [1.29, 1.82) is 0 Å². The van der Waals surface area contributed by atoms with Gasteiger partial charge in [-0.2, -0.15) is 0 Å². The molecule has 0 saturated carbocycles. The summed E-state index contributed by atoms with van der Waals surface area (Å²) in [5.74, 6) is -2.05. The van der Waals surface area contributed by atoms with Crippen LogP contribution in [0.1, 0.15) is 0 Å². The molecule has 3 nitrogen and oxygen atoms in total. The van der Waals surface area contributed by atoms with Crippen LogP contribution in [0.4, 0.5) is 4.39 Å². The Balaban J connectivity index is 2.49. The van der Waals surface area contributed by atoms with Crippen molar-refractivity contribution in [3.05, 3.63) is 0 Å². The van der Waals surface area contributed by atoms with E-state index in [2.05, 4.69) is 4.74 Å². The van der Waals surface area contributed by atoms with Gasteiger partial charge in [-0.15, -0.1) is 0 Å². The van der Waals surface area contributed by atoms with Crippen molar-refractivity contribution in [2.24, 2.45) is 5.92 Å². The van der Waals surface area contributed by atoms with Crippen LogP contribution in [0.2, 0.25) is 0 Å². The lowest BCUT2D eigenvalue weighted by molar-refractivity contribution is -0.142. The fraction of sp³-hybridized carbons (Fsp3) is 0.800. The van der Waals surface area contributed by atoms with Gasteiger partial charge in [0.25, 0.3) is 0 Å². The maximum Gasteiger partial charge on any atom is 0.311 e. The minimum absolute atomic E-state index is 0.0104. The number of aliphatic carboxylic acids is 1. The number of rotatable bonds is 1. The SMILES string of the molecule is O=C(O)C1COCC1F. The highest BCUT2D eigenvalue weighted by molar-refractivity contribution is 5.71. The Labute approximate surface area is 51.4 Å². The highest BCUT2D eigenvalue weighted by Gasteiger charge is 2.33. The van der Waals surface area contributed by atoms with Gasteiger partial charge in [0.15, 0.2) is 0 Å². The zero-order valence-electron chi connectivity index (χ0n) is 4.71. The maximum atomic E-state index is 12.3. The summed E-state index contributed by atoms with van der Waals surface area (Å²) in [5.41, 5.74) is 0. The molecule has 0 spiro atoms. The Morgan fingerprint density at radius 3 is 2.56 bits per heavy atom. The molecule has 1 aliphatic rings. The van der Waals surface area contributed by atoms with Crippen LogP contribution in [0.5, 0.6) is 0 Å². The first-order valence-electron chi connectivity index (χ1n) is 2.66. The molecule has 0 aromatic rings. The van der Waals surface area contributed by atoms with Crippen molar-refractivity contribution >= 4 is 5.97 Å². The predicted molar refractivity (Wildman–Crippen MR) is 26.8 cm³/mol. The Morgan fingerprint density at radius 1 is 1.67 bits per heavy atom. The molecule has 0 aromatic heterocycles. The van der Waals surface area contributed by atoms with Crippen molar-refractivity contribution in [2.45, 2.75) is 6.17 Å². The van der Waals surface area contributed by atoms with Gasteiger partial charge in [0, 0.05) is 0 Å². The van der Waals surface area contributed by atoms with Crippen molar-refractivity contribution in [3.8, 4) is 0 Å². The molecule has 1 fully saturated rings. The largest absolute Gasteiger partial charge is 0.481 e. The predicted octanol–water partition coefficient (Wildman–Crippen LogP) is 0.0555. The molecule has 0 bridgehead atoms. The number of halogens is 1. The van der Waals surface area contributed by atoms with Crippen LogP contribution in [0.25, 0.3) is 0 Å². The van der Waals surface area contributed by atoms with Crippen LogP contribution < -0.4 is 0 Å². The van der Waals surface area contributed by atoms with Gasteiger partial charge in [-0.1, -0.05) is 0 Å². The summed E-state index contributed by atoms with van der Waals surface area (Å²) >= 11 is 0. The smallest absolute Gasteiger partial charge is 0.311 e. The fourth-order valence-electron chi connectivity index (χ4n) is 0.754. The second-order valence-electron chi connectivity index (χ2n) is 2.00. The molecule has 2 atom stereocenters. The van der Waals surface area contributed by atoms with Gasteiger partial charge in [-0.25, -0.2) is 4.39 Å². The summed E-state index contributed by atoms with van der Waals surface area (Å²) in [4.78, 5) is 10.1. The Morgan fingerprint density at radius 2 is 2.33 bits per heavy atom. The Kier molecular flexibility index (Phi) is 1.66. The highest BCUT2D eigenvalue weighted by Crippen LogP contribution is 2.16. The minimum atomic E-state index is -1.32. The van der Waals surface area contributed by atoms with E-state index in [0.717, 1.165) is 0 Å². The lowest BCUT2D eigenvalue weighted by Crippen LogP contribution is -2.22. The second kappa shape index (κ2) is 2.31. The molecule has 1 saturated heterocycles. The number of hydrogen-bond donors (Lipinski definition) is 1. The number of alkyl halides is 1. The number of ether oxygens (including phenoxy) is 1. The number of hydrogen-bond acceptors (Lipinski definition) is 2. The average molecular weight is 134 g/mol. The van der Waals surface area contributed by atoms with Gasteiger partial charge in [0.2, 0.25) is 0 Å². The standard InChI is InChI=1S/C5H7FO3/c6-4-2-9-1-3(4)5(7)8/h3-4H,1-2H2,(H,7,8). The van der Waals surface area contributed by atoms with Crippen LogP contribution in [0, 0.1) is 5.92 Å². The lowest BCUT2D eigenvalue weighted by atomic mass is 10.1. The molecule has 4 heteroatoms. The van der Waals surface area contributed by atoms with E-state index in [0.29, 0.717) is 0 Å². The van der Waals surface area contributed by atoms with Gasteiger partial charge < -0.3 is 9.84 Å². The van der Waals surface area contributed by atoms with E-state index in [4.69, 9.17) is 5.11 Å². The van der Waals surface area contributed by atoms with Gasteiger partial charge in [0.05, 0.1) is 13.2 Å². The molecular formula is C5H7FO3. The lowest BCUT2D eigenvalue weighted by Gasteiger charge is -2.01. The molecule has 1 aliphatic heterocycles. The van der Waals surface area contributed by atoms with Gasteiger partial charge in [-0.3, -0.25) is 4.79 Å². The summed E-state index contributed by atoms with van der Waals surface area (Å²) in [6, 6.07) is 0. The molecule has 0 aliphatic carbocycles.